The molecule has 100 valence electrons. The number of Topliss-reactive ketones (excluding diaryl/α,β-unsaturated/α-hetero) is 1. The standard InChI is InChI=1S/C15H22O3/c1-9(2-13(16)17)14(18)15-6-10-3-11(7-15)5-12(4-10)8-15/h9-12H,2-8H2,1H3,(H,16,17). The Labute approximate surface area is 108 Å². The lowest BCUT2D eigenvalue weighted by atomic mass is 9.47. The normalized spacial score (nSPS) is 42.8. The third kappa shape index (κ3) is 1.88. The van der Waals surface area contributed by atoms with Gasteiger partial charge in [0, 0.05) is 11.3 Å². The third-order valence-corrected chi connectivity index (χ3v) is 5.49. The summed E-state index contributed by atoms with van der Waals surface area (Å²) >= 11 is 0. The Hall–Kier alpha value is -0.860. The molecule has 3 nitrogen and oxygen atoms in total. The van der Waals surface area contributed by atoms with E-state index in [0.29, 0.717) is 0 Å². The average Bonchev–Trinajstić information content (AvgIpc) is 2.25. The number of aliphatic carboxylic acids is 1. The summed E-state index contributed by atoms with van der Waals surface area (Å²) < 4.78 is 0. The molecule has 0 saturated heterocycles. The van der Waals surface area contributed by atoms with Crippen LogP contribution >= 0.6 is 0 Å². The van der Waals surface area contributed by atoms with Crippen molar-refractivity contribution in [2.24, 2.45) is 29.1 Å². The minimum atomic E-state index is -0.847. The van der Waals surface area contributed by atoms with E-state index in [1.807, 2.05) is 0 Å². The quantitative estimate of drug-likeness (QED) is 0.834. The van der Waals surface area contributed by atoms with Crippen LogP contribution in [0.3, 0.4) is 0 Å². The lowest BCUT2D eigenvalue weighted by Gasteiger charge is -2.56. The minimum absolute atomic E-state index is 0.000579. The van der Waals surface area contributed by atoms with Crippen LogP contribution in [0.2, 0.25) is 0 Å². The molecule has 0 radical (unpaired) electrons. The van der Waals surface area contributed by atoms with Crippen LogP contribution in [0.25, 0.3) is 0 Å². The molecule has 0 aliphatic heterocycles. The number of carbonyl (C=O) groups is 2. The van der Waals surface area contributed by atoms with Gasteiger partial charge in [0.05, 0.1) is 6.42 Å². The first-order chi connectivity index (χ1) is 8.48. The molecule has 0 aromatic heterocycles. The van der Waals surface area contributed by atoms with Gasteiger partial charge in [-0.3, -0.25) is 9.59 Å². The first-order valence-electron chi connectivity index (χ1n) is 7.24. The van der Waals surface area contributed by atoms with E-state index in [9.17, 15) is 9.59 Å². The van der Waals surface area contributed by atoms with Crippen LogP contribution in [0.4, 0.5) is 0 Å². The zero-order valence-corrected chi connectivity index (χ0v) is 11.0. The molecule has 0 amide bonds. The summed E-state index contributed by atoms with van der Waals surface area (Å²) in [5, 5.41) is 8.86. The monoisotopic (exact) mass is 250 g/mol. The molecule has 0 spiro atoms. The number of ketones is 1. The van der Waals surface area contributed by atoms with Crippen molar-refractivity contribution in [1.29, 1.82) is 0 Å². The highest BCUT2D eigenvalue weighted by Gasteiger charge is 2.55. The van der Waals surface area contributed by atoms with Crippen molar-refractivity contribution in [2.45, 2.75) is 51.9 Å². The van der Waals surface area contributed by atoms with Gasteiger partial charge in [0.1, 0.15) is 5.78 Å². The predicted molar refractivity (Wildman–Crippen MR) is 67.0 cm³/mol. The van der Waals surface area contributed by atoms with Crippen LogP contribution in [0.5, 0.6) is 0 Å². The molecule has 4 saturated carbocycles. The molecule has 0 heterocycles. The zero-order valence-electron chi connectivity index (χ0n) is 11.0. The van der Waals surface area contributed by atoms with Gasteiger partial charge in [0.15, 0.2) is 0 Å². The summed E-state index contributed by atoms with van der Waals surface area (Å²) in [5.41, 5.74) is -0.135. The van der Waals surface area contributed by atoms with Crippen molar-refractivity contribution in [3.63, 3.8) is 0 Å². The van der Waals surface area contributed by atoms with E-state index in [4.69, 9.17) is 5.11 Å². The van der Waals surface area contributed by atoms with Crippen molar-refractivity contribution < 1.29 is 14.7 Å². The van der Waals surface area contributed by atoms with E-state index in [2.05, 4.69) is 0 Å². The van der Waals surface area contributed by atoms with Gasteiger partial charge in [-0.15, -0.1) is 0 Å². The number of rotatable bonds is 4. The molecule has 3 heteroatoms. The molecule has 0 aromatic carbocycles. The van der Waals surface area contributed by atoms with Crippen LogP contribution in [-0.2, 0) is 9.59 Å². The molecule has 1 unspecified atom stereocenters. The van der Waals surface area contributed by atoms with Crippen molar-refractivity contribution in [3.05, 3.63) is 0 Å². The number of hydrogen-bond donors (Lipinski definition) is 1. The first kappa shape index (κ1) is 12.2. The van der Waals surface area contributed by atoms with Crippen molar-refractivity contribution >= 4 is 11.8 Å². The molecule has 4 aliphatic rings. The fourth-order valence-corrected chi connectivity index (χ4v) is 5.29. The maximum Gasteiger partial charge on any atom is 0.304 e. The second kappa shape index (κ2) is 4.07. The van der Waals surface area contributed by atoms with E-state index in [1.54, 1.807) is 6.92 Å². The van der Waals surface area contributed by atoms with Gasteiger partial charge in [0.25, 0.3) is 0 Å². The Bertz CT molecular complexity index is 350. The lowest BCUT2D eigenvalue weighted by molar-refractivity contribution is -0.151. The first-order valence-corrected chi connectivity index (χ1v) is 7.24. The third-order valence-electron chi connectivity index (χ3n) is 5.49. The van der Waals surface area contributed by atoms with E-state index < -0.39 is 5.97 Å². The Kier molecular flexibility index (Phi) is 2.76. The van der Waals surface area contributed by atoms with Crippen molar-refractivity contribution in [2.75, 3.05) is 0 Å². The van der Waals surface area contributed by atoms with Crippen LogP contribution in [0.15, 0.2) is 0 Å². The van der Waals surface area contributed by atoms with E-state index in [1.165, 1.54) is 19.3 Å². The molecular weight excluding hydrogens is 228 g/mol. The molecule has 18 heavy (non-hydrogen) atoms. The highest BCUT2D eigenvalue weighted by Crippen LogP contribution is 2.60. The minimum Gasteiger partial charge on any atom is -0.481 e. The summed E-state index contributed by atoms with van der Waals surface area (Å²) in [4.78, 5) is 23.5. The topological polar surface area (TPSA) is 54.4 Å². The lowest BCUT2D eigenvalue weighted by Crippen LogP contribution is -2.51. The maximum absolute atomic E-state index is 12.7. The van der Waals surface area contributed by atoms with Crippen molar-refractivity contribution in [1.82, 2.24) is 0 Å². The fraction of sp³-hybridized carbons (Fsp3) is 0.867. The largest absolute Gasteiger partial charge is 0.481 e. The SMILES string of the molecule is CC(CC(=O)O)C(=O)C12CC3CC(CC(C3)C1)C2. The Morgan fingerprint density at radius 1 is 1.11 bits per heavy atom. The predicted octanol–water partition coefficient (Wildman–Crippen LogP) is 2.88. The summed E-state index contributed by atoms with van der Waals surface area (Å²) in [6, 6.07) is 0. The van der Waals surface area contributed by atoms with Gasteiger partial charge < -0.3 is 5.11 Å². The number of carbonyl (C=O) groups excluding carboxylic acids is 1. The van der Waals surface area contributed by atoms with Gasteiger partial charge in [-0.05, 0) is 56.3 Å². The summed E-state index contributed by atoms with van der Waals surface area (Å²) in [6.45, 7) is 1.80. The molecule has 1 atom stereocenters. The zero-order chi connectivity index (χ0) is 12.9. The van der Waals surface area contributed by atoms with Gasteiger partial charge in [-0.25, -0.2) is 0 Å². The van der Waals surface area contributed by atoms with E-state index in [-0.39, 0.29) is 23.5 Å². The van der Waals surface area contributed by atoms with Crippen LogP contribution < -0.4 is 0 Å². The molecule has 4 bridgehead atoms. The van der Waals surface area contributed by atoms with Gasteiger partial charge in [-0.2, -0.15) is 0 Å². The molecule has 0 aromatic rings. The van der Waals surface area contributed by atoms with Crippen LogP contribution in [-0.4, -0.2) is 16.9 Å². The second-order valence-corrected chi connectivity index (χ2v) is 7.06. The fourth-order valence-electron chi connectivity index (χ4n) is 5.29. The molecule has 4 rings (SSSR count). The second-order valence-electron chi connectivity index (χ2n) is 7.06. The number of carboxylic acid groups (broad SMARTS) is 1. The average molecular weight is 250 g/mol. The van der Waals surface area contributed by atoms with Gasteiger partial charge in [-0.1, -0.05) is 6.92 Å². The van der Waals surface area contributed by atoms with Crippen LogP contribution in [0, 0.1) is 29.1 Å². The number of carboxylic acids is 1. The summed E-state index contributed by atoms with van der Waals surface area (Å²) in [7, 11) is 0. The van der Waals surface area contributed by atoms with Gasteiger partial charge in [0.2, 0.25) is 0 Å². The van der Waals surface area contributed by atoms with Crippen molar-refractivity contribution in [3.8, 4) is 0 Å². The van der Waals surface area contributed by atoms with Crippen LogP contribution in [0.1, 0.15) is 51.9 Å². The molecular formula is C15H22O3. The smallest absolute Gasteiger partial charge is 0.304 e. The summed E-state index contributed by atoms with van der Waals surface area (Å²) in [6.07, 6.45) is 7.09. The van der Waals surface area contributed by atoms with E-state index in [0.717, 1.165) is 37.0 Å². The van der Waals surface area contributed by atoms with Gasteiger partial charge >= 0.3 is 5.97 Å². The number of hydrogen-bond acceptors (Lipinski definition) is 2. The Morgan fingerprint density at radius 2 is 1.56 bits per heavy atom. The Balaban J connectivity index is 1.78. The molecule has 4 fully saturated rings. The maximum atomic E-state index is 12.7. The highest BCUT2D eigenvalue weighted by atomic mass is 16.4. The summed E-state index contributed by atoms with van der Waals surface area (Å²) in [5.74, 6) is 1.34. The Morgan fingerprint density at radius 3 is 1.94 bits per heavy atom. The molecule has 4 aliphatic carbocycles. The molecule has 1 N–H and O–H groups in total. The highest BCUT2D eigenvalue weighted by molar-refractivity contribution is 5.89. The van der Waals surface area contributed by atoms with E-state index >= 15 is 0 Å².